The minimum Gasteiger partial charge on any atom is -0.497 e. The first kappa shape index (κ1) is 22.5. The Labute approximate surface area is 193 Å². The molecule has 0 spiro atoms. The zero-order valence-corrected chi connectivity index (χ0v) is 18.9. The molecule has 0 aliphatic carbocycles. The number of urea groups is 1. The zero-order chi connectivity index (χ0) is 23.2. The summed E-state index contributed by atoms with van der Waals surface area (Å²) < 4.78 is 10.5. The quantitative estimate of drug-likeness (QED) is 0.563. The number of anilines is 1. The highest BCUT2D eigenvalue weighted by Gasteiger charge is 2.35. The van der Waals surface area contributed by atoms with Crippen LogP contribution in [0.3, 0.4) is 0 Å². The molecule has 3 amide bonds. The Morgan fingerprint density at radius 3 is 2.61 bits per heavy atom. The molecule has 3 aromatic rings. The highest BCUT2D eigenvalue weighted by atomic mass is 16.5. The number of aryl methyl sites for hydroxylation is 1. The van der Waals surface area contributed by atoms with E-state index in [2.05, 4.69) is 16.7 Å². The fraction of sp³-hybridized carbons (Fsp3) is 0.308. The highest BCUT2D eigenvalue weighted by molar-refractivity contribution is 5.90. The number of likely N-dealkylation sites (tertiary alicyclic amines) is 1. The summed E-state index contributed by atoms with van der Waals surface area (Å²) in [5.41, 5.74) is 2.89. The number of carbonyl (C=O) groups is 2. The average molecular weight is 448 g/mol. The van der Waals surface area contributed by atoms with Crippen LogP contribution < -0.4 is 15.4 Å². The summed E-state index contributed by atoms with van der Waals surface area (Å²) in [6.07, 6.45) is 2.99. The van der Waals surface area contributed by atoms with Crippen LogP contribution in [-0.4, -0.2) is 30.5 Å². The van der Waals surface area contributed by atoms with Crippen molar-refractivity contribution in [2.75, 3.05) is 19.0 Å². The molecule has 1 fully saturated rings. The number of hydrogen-bond acceptors (Lipinski definition) is 4. The van der Waals surface area contributed by atoms with Crippen LogP contribution in [0, 0.1) is 12.8 Å². The molecule has 2 atom stereocenters. The molecule has 4 rings (SSSR count). The molecule has 1 saturated heterocycles. The molecule has 0 bridgehead atoms. The summed E-state index contributed by atoms with van der Waals surface area (Å²) in [5, 5.41) is 5.91. The van der Waals surface area contributed by atoms with Crippen LogP contribution in [-0.2, 0) is 11.3 Å². The van der Waals surface area contributed by atoms with E-state index in [9.17, 15) is 9.59 Å². The molecule has 2 heterocycles. The number of carbonyl (C=O) groups excluding carboxylic acids is 2. The second-order valence-electron chi connectivity index (χ2n) is 8.31. The van der Waals surface area contributed by atoms with Gasteiger partial charge in [0.1, 0.15) is 11.5 Å². The van der Waals surface area contributed by atoms with Crippen LogP contribution in [0.4, 0.5) is 10.5 Å². The van der Waals surface area contributed by atoms with Gasteiger partial charge in [-0.25, -0.2) is 4.79 Å². The summed E-state index contributed by atoms with van der Waals surface area (Å²) in [5.74, 6) is 1.06. The molecule has 33 heavy (non-hydrogen) atoms. The van der Waals surface area contributed by atoms with Crippen molar-refractivity contribution in [3.05, 3.63) is 83.8 Å². The van der Waals surface area contributed by atoms with Crippen molar-refractivity contribution in [2.45, 2.75) is 32.4 Å². The van der Waals surface area contributed by atoms with E-state index in [4.69, 9.17) is 9.15 Å². The van der Waals surface area contributed by atoms with Gasteiger partial charge in [-0.2, -0.15) is 0 Å². The third-order valence-corrected chi connectivity index (χ3v) is 6.00. The summed E-state index contributed by atoms with van der Waals surface area (Å²) in [6.45, 7) is 2.71. The smallest absolute Gasteiger partial charge is 0.322 e. The van der Waals surface area contributed by atoms with Crippen LogP contribution in [0.25, 0.3) is 0 Å². The second kappa shape index (κ2) is 10.3. The Bertz CT molecular complexity index is 1080. The van der Waals surface area contributed by atoms with Crippen molar-refractivity contribution in [3.63, 3.8) is 0 Å². The van der Waals surface area contributed by atoms with Crippen LogP contribution in [0.2, 0.25) is 0 Å². The predicted octanol–water partition coefficient (Wildman–Crippen LogP) is 4.90. The zero-order valence-electron chi connectivity index (χ0n) is 18.9. The normalized spacial score (nSPS) is 17.9. The number of amides is 3. The predicted molar refractivity (Wildman–Crippen MR) is 126 cm³/mol. The maximum Gasteiger partial charge on any atom is 0.322 e. The maximum absolute atomic E-state index is 13.3. The number of nitrogens with zero attached hydrogens (tertiary/aromatic N) is 1. The highest BCUT2D eigenvalue weighted by Crippen LogP contribution is 2.34. The number of furan rings is 1. The molecule has 2 unspecified atom stereocenters. The Kier molecular flexibility index (Phi) is 6.98. The molecule has 172 valence electrons. The summed E-state index contributed by atoms with van der Waals surface area (Å²) in [6, 6.07) is 18.7. The number of piperidine rings is 1. The SMILES string of the molecule is COc1ccc(NC(=O)N2CC(C(=O)NCc3ccco3)CCC2c2cccc(C)c2)cc1. The first-order valence-electron chi connectivity index (χ1n) is 11.1. The number of nitrogens with one attached hydrogen (secondary N) is 2. The van der Waals surface area contributed by atoms with Crippen molar-refractivity contribution in [3.8, 4) is 5.75 Å². The van der Waals surface area contributed by atoms with Gasteiger partial charge in [-0.3, -0.25) is 4.79 Å². The van der Waals surface area contributed by atoms with Crippen LogP contribution in [0.15, 0.2) is 71.3 Å². The third-order valence-electron chi connectivity index (χ3n) is 6.00. The standard InChI is InChI=1S/C26H29N3O4/c1-18-5-3-6-19(15-18)24-13-8-20(25(30)27-16-23-7-4-14-33-23)17-29(24)26(31)28-21-9-11-22(32-2)12-10-21/h3-7,9-12,14-15,20,24H,8,13,16-17H2,1-2H3,(H,27,30)(H,28,31). The summed E-state index contributed by atoms with van der Waals surface area (Å²) >= 11 is 0. The minimum absolute atomic E-state index is 0.0728. The lowest BCUT2D eigenvalue weighted by molar-refractivity contribution is -0.127. The second-order valence-corrected chi connectivity index (χ2v) is 8.31. The van der Waals surface area contributed by atoms with E-state index in [0.29, 0.717) is 37.4 Å². The molecular formula is C26H29N3O4. The average Bonchev–Trinajstić information content (AvgIpc) is 3.36. The lowest BCUT2D eigenvalue weighted by Crippen LogP contribution is -2.48. The molecule has 2 aromatic carbocycles. The van der Waals surface area contributed by atoms with Crippen LogP contribution in [0.5, 0.6) is 5.75 Å². The van der Waals surface area contributed by atoms with E-state index in [1.807, 2.05) is 31.2 Å². The topological polar surface area (TPSA) is 83.8 Å². The maximum atomic E-state index is 13.3. The van der Waals surface area contributed by atoms with Gasteiger partial charge in [-0.15, -0.1) is 0 Å². The van der Waals surface area contributed by atoms with Crippen LogP contribution >= 0.6 is 0 Å². The van der Waals surface area contributed by atoms with Crippen molar-refractivity contribution in [1.82, 2.24) is 10.2 Å². The van der Waals surface area contributed by atoms with Crippen LogP contribution in [0.1, 0.15) is 35.8 Å². The summed E-state index contributed by atoms with van der Waals surface area (Å²) in [7, 11) is 1.60. The van der Waals surface area contributed by atoms with E-state index in [-0.39, 0.29) is 23.9 Å². The van der Waals surface area contributed by atoms with E-state index in [1.165, 1.54) is 0 Å². The van der Waals surface area contributed by atoms with Gasteiger partial charge < -0.3 is 24.7 Å². The Morgan fingerprint density at radius 1 is 1.09 bits per heavy atom. The lowest BCUT2D eigenvalue weighted by Gasteiger charge is -2.39. The molecule has 1 aliphatic rings. The van der Waals surface area contributed by atoms with Crippen molar-refractivity contribution < 1.29 is 18.7 Å². The number of rotatable bonds is 6. The molecule has 7 heteroatoms. The van der Waals surface area contributed by atoms with Gasteiger partial charge in [-0.05, 0) is 61.7 Å². The monoisotopic (exact) mass is 447 g/mol. The molecule has 2 N–H and O–H groups in total. The molecule has 1 aromatic heterocycles. The van der Waals surface area contributed by atoms with Crippen molar-refractivity contribution >= 4 is 17.6 Å². The molecule has 0 saturated carbocycles. The Hall–Kier alpha value is -3.74. The van der Waals surface area contributed by atoms with Gasteiger partial charge in [-0.1, -0.05) is 29.8 Å². The first-order valence-corrected chi connectivity index (χ1v) is 11.1. The minimum atomic E-state index is -0.289. The van der Waals surface area contributed by atoms with E-state index < -0.39 is 0 Å². The molecule has 7 nitrogen and oxygen atoms in total. The molecule has 0 radical (unpaired) electrons. The number of ether oxygens (including phenoxy) is 1. The third kappa shape index (κ3) is 5.55. The van der Waals surface area contributed by atoms with Gasteiger partial charge in [0.05, 0.1) is 31.9 Å². The van der Waals surface area contributed by atoms with E-state index >= 15 is 0 Å². The molecule has 1 aliphatic heterocycles. The first-order chi connectivity index (χ1) is 16.0. The summed E-state index contributed by atoms with van der Waals surface area (Å²) in [4.78, 5) is 28.0. The van der Waals surface area contributed by atoms with E-state index in [1.54, 1.807) is 48.6 Å². The fourth-order valence-corrected chi connectivity index (χ4v) is 4.23. The van der Waals surface area contributed by atoms with Gasteiger partial charge in [0.15, 0.2) is 0 Å². The number of benzene rings is 2. The number of methoxy groups -OCH3 is 1. The van der Waals surface area contributed by atoms with Crippen molar-refractivity contribution in [2.24, 2.45) is 5.92 Å². The Morgan fingerprint density at radius 2 is 1.91 bits per heavy atom. The fourth-order valence-electron chi connectivity index (χ4n) is 4.23. The van der Waals surface area contributed by atoms with Gasteiger partial charge in [0, 0.05) is 12.2 Å². The number of hydrogen-bond donors (Lipinski definition) is 2. The molecular weight excluding hydrogens is 418 g/mol. The lowest BCUT2D eigenvalue weighted by atomic mass is 9.88. The van der Waals surface area contributed by atoms with Crippen molar-refractivity contribution in [1.29, 1.82) is 0 Å². The Balaban J connectivity index is 1.50. The van der Waals surface area contributed by atoms with E-state index in [0.717, 1.165) is 16.9 Å². The van der Waals surface area contributed by atoms with Gasteiger partial charge in [0.25, 0.3) is 0 Å². The largest absolute Gasteiger partial charge is 0.497 e. The van der Waals surface area contributed by atoms with Gasteiger partial charge in [0.2, 0.25) is 5.91 Å². The van der Waals surface area contributed by atoms with Gasteiger partial charge >= 0.3 is 6.03 Å².